The highest BCUT2D eigenvalue weighted by Gasteiger charge is 2.36. The summed E-state index contributed by atoms with van der Waals surface area (Å²) in [7, 11) is 1.64. The maximum absolute atomic E-state index is 10.2. The van der Waals surface area contributed by atoms with E-state index in [4.69, 9.17) is 9.47 Å². The Morgan fingerprint density at radius 3 is 2.35 bits per heavy atom. The maximum Gasteiger partial charge on any atom is 0.161 e. The summed E-state index contributed by atoms with van der Waals surface area (Å²) in [5, 5.41) is 10.2. The standard InChI is InChI=1S/C17H26O3/c1-17(2,3)12-9-10-13(18)16(11-12)20-15-8-6-5-7-14(15)19-4/h5-8,12-13,16,18H,9-11H2,1-4H3. The molecule has 0 heterocycles. The van der Waals surface area contributed by atoms with Gasteiger partial charge >= 0.3 is 0 Å². The van der Waals surface area contributed by atoms with Crippen LogP contribution in [0.2, 0.25) is 0 Å². The fourth-order valence-electron chi connectivity index (χ4n) is 2.91. The van der Waals surface area contributed by atoms with Crippen LogP contribution >= 0.6 is 0 Å². The van der Waals surface area contributed by atoms with E-state index in [1.807, 2.05) is 24.3 Å². The van der Waals surface area contributed by atoms with Gasteiger partial charge in [0.05, 0.1) is 13.2 Å². The van der Waals surface area contributed by atoms with E-state index < -0.39 is 6.10 Å². The van der Waals surface area contributed by atoms with Gasteiger partial charge in [-0.25, -0.2) is 0 Å². The van der Waals surface area contributed by atoms with Crippen molar-refractivity contribution in [2.75, 3.05) is 7.11 Å². The Bertz CT molecular complexity index is 436. The average molecular weight is 278 g/mol. The summed E-state index contributed by atoms with van der Waals surface area (Å²) >= 11 is 0. The Labute approximate surface area is 121 Å². The van der Waals surface area contributed by atoms with Crippen molar-refractivity contribution < 1.29 is 14.6 Å². The highest BCUT2D eigenvalue weighted by atomic mass is 16.5. The minimum atomic E-state index is -0.390. The zero-order chi connectivity index (χ0) is 14.8. The number of benzene rings is 1. The van der Waals surface area contributed by atoms with Crippen molar-refractivity contribution in [3.63, 3.8) is 0 Å². The van der Waals surface area contributed by atoms with Gasteiger partial charge in [0.1, 0.15) is 6.10 Å². The van der Waals surface area contributed by atoms with Gasteiger partial charge in [-0.05, 0) is 42.7 Å². The molecule has 1 saturated carbocycles. The fraction of sp³-hybridized carbons (Fsp3) is 0.647. The van der Waals surface area contributed by atoms with Crippen molar-refractivity contribution in [3.05, 3.63) is 24.3 Å². The van der Waals surface area contributed by atoms with Gasteiger partial charge in [0.2, 0.25) is 0 Å². The first-order valence-electron chi connectivity index (χ1n) is 7.39. The number of aliphatic hydroxyl groups excluding tert-OH is 1. The summed E-state index contributed by atoms with van der Waals surface area (Å²) in [6.45, 7) is 6.78. The summed E-state index contributed by atoms with van der Waals surface area (Å²) in [5.74, 6) is 2.01. The van der Waals surface area contributed by atoms with E-state index in [1.54, 1.807) is 7.11 Å². The number of rotatable bonds is 3. The van der Waals surface area contributed by atoms with Gasteiger partial charge < -0.3 is 14.6 Å². The lowest BCUT2D eigenvalue weighted by molar-refractivity contribution is -0.0306. The summed E-state index contributed by atoms with van der Waals surface area (Å²) < 4.78 is 11.3. The van der Waals surface area contributed by atoms with E-state index in [0.717, 1.165) is 25.0 Å². The highest BCUT2D eigenvalue weighted by molar-refractivity contribution is 5.39. The first-order chi connectivity index (χ1) is 9.41. The number of methoxy groups -OCH3 is 1. The van der Waals surface area contributed by atoms with Gasteiger partial charge in [0.25, 0.3) is 0 Å². The molecule has 0 spiro atoms. The molecule has 0 saturated heterocycles. The first-order valence-corrected chi connectivity index (χ1v) is 7.39. The van der Waals surface area contributed by atoms with Crippen LogP contribution in [0.5, 0.6) is 11.5 Å². The van der Waals surface area contributed by atoms with E-state index in [2.05, 4.69) is 20.8 Å². The summed E-state index contributed by atoms with van der Waals surface area (Å²) in [5.41, 5.74) is 0.253. The number of hydrogen-bond donors (Lipinski definition) is 1. The molecule has 3 unspecified atom stereocenters. The topological polar surface area (TPSA) is 38.7 Å². The van der Waals surface area contributed by atoms with Gasteiger partial charge in [-0.3, -0.25) is 0 Å². The maximum atomic E-state index is 10.2. The van der Waals surface area contributed by atoms with Crippen LogP contribution in [-0.2, 0) is 0 Å². The van der Waals surface area contributed by atoms with Crippen LogP contribution in [0.4, 0.5) is 0 Å². The molecule has 1 aromatic carbocycles. The average Bonchev–Trinajstić information content (AvgIpc) is 2.40. The molecular weight excluding hydrogens is 252 g/mol. The minimum Gasteiger partial charge on any atom is -0.493 e. The Morgan fingerprint density at radius 2 is 1.75 bits per heavy atom. The smallest absolute Gasteiger partial charge is 0.161 e. The second-order valence-electron chi connectivity index (χ2n) is 6.75. The van der Waals surface area contributed by atoms with Crippen LogP contribution < -0.4 is 9.47 Å². The summed E-state index contributed by atoms with van der Waals surface area (Å²) in [6.07, 6.45) is 2.23. The van der Waals surface area contributed by atoms with E-state index in [-0.39, 0.29) is 11.5 Å². The molecule has 112 valence electrons. The molecule has 0 bridgehead atoms. The van der Waals surface area contributed by atoms with Crippen LogP contribution in [0.25, 0.3) is 0 Å². The summed E-state index contributed by atoms with van der Waals surface area (Å²) in [6, 6.07) is 7.62. The van der Waals surface area contributed by atoms with E-state index in [0.29, 0.717) is 11.7 Å². The predicted octanol–water partition coefficient (Wildman–Crippen LogP) is 3.65. The molecule has 1 N–H and O–H groups in total. The second-order valence-corrected chi connectivity index (χ2v) is 6.75. The van der Waals surface area contributed by atoms with Crippen LogP contribution in [-0.4, -0.2) is 24.4 Å². The lowest BCUT2D eigenvalue weighted by Crippen LogP contribution is -2.41. The van der Waals surface area contributed by atoms with Gasteiger partial charge in [-0.2, -0.15) is 0 Å². The van der Waals surface area contributed by atoms with Gasteiger partial charge in [-0.15, -0.1) is 0 Å². The lowest BCUT2D eigenvalue weighted by atomic mass is 9.71. The molecule has 1 aliphatic carbocycles. The highest BCUT2D eigenvalue weighted by Crippen LogP contribution is 2.40. The Hall–Kier alpha value is -1.22. The van der Waals surface area contributed by atoms with Crippen LogP contribution in [0.3, 0.4) is 0 Å². The molecule has 0 aliphatic heterocycles. The van der Waals surface area contributed by atoms with Crippen molar-refractivity contribution in [3.8, 4) is 11.5 Å². The third-order valence-corrected chi connectivity index (χ3v) is 4.33. The number of ether oxygens (including phenoxy) is 2. The molecule has 1 aliphatic rings. The zero-order valence-corrected chi connectivity index (χ0v) is 12.9. The Morgan fingerprint density at radius 1 is 1.10 bits per heavy atom. The third kappa shape index (κ3) is 3.45. The number of aliphatic hydroxyl groups is 1. The van der Waals surface area contributed by atoms with Gasteiger partial charge in [0.15, 0.2) is 11.5 Å². The Balaban J connectivity index is 2.10. The van der Waals surface area contributed by atoms with E-state index in [1.165, 1.54) is 0 Å². The van der Waals surface area contributed by atoms with Crippen molar-refractivity contribution in [1.82, 2.24) is 0 Å². The molecule has 3 heteroatoms. The molecule has 0 radical (unpaired) electrons. The van der Waals surface area contributed by atoms with Crippen molar-refractivity contribution in [2.45, 2.75) is 52.2 Å². The minimum absolute atomic E-state index is 0.149. The number of hydrogen-bond acceptors (Lipinski definition) is 3. The molecule has 20 heavy (non-hydrogen) atoms. The van der Waals surface area contributed by atoms with Crippen LogP contribution in [0, 0.1) is 11.3 Å². The molecular formula is C17H26O3. The van der Waals surface area contributed by atoms with E-state index in [9.17, 15) is 5.11 Å². The monoisotopic (exact) mass is 278 g/mol. The third-order valence-electron chi connectivity index (χ3n) is 4.33. The molecule has 3 atom stereocenters. The summed E-state index contributed by atoms with van der Waals surface area (Å²) in [4.78, 5) is 0. The number of para-hydroxylation sites is 2. The fourth-order valence-corrected chi connectivity index (χ4v) is 2.91. The largest absolute Gasteiger partial charge is 0.493 e. The molecule has 0 aromatic heterocycles. The molecule has 2 rings (SSSR count). The Kier molecular flexibility index (Phi) is 4.59. The predicted molar refractivity (Wildman–Crippen MR) is 80.2 cm³/mol. The molecule has 1 aromatic rings. The SMILES string of the molecule is COc1ccccc1OC1CC(C(C)(C)C)CCC1O. The first kappa shape index (κ1) is 15.2. The normalized spacial score (nSPS) is 27.1. The molecule has 0 amide bonds. The van der Waals surface area contributed by atoms with Crippen LogP contribution in [0.15, 0.2) is 24.3 Å². The van der Waals surface area contributed by atoms with Crippen molar-refractivity contribution in [2.24, 2.45) is 11.3 Å². The lowest BCUT2D eigenvalue weighted by Gasteiger charge is -2.40. The van der Waals surface area contributed by atoms with E-state index >= 15 is 0 Å². The van der Waals surface area contributed by atoms with Gasteiger partial charge in [-0.1, -0.05) is 32.9 Å². The van der Waals surface area contributed by atoms with Crippen molar-refractivity contribution in [1.29, 1.82) is 0 Å². The van der Waals surface area contributed by atoms with Crippen molar-refractivity contribution >= 4 is 0 Å². The molecule has 3 nitrogen and oxygen atoms in total. The van der Waals surface area contributed by atoms with Gasteiger partial charge in [0, 0.05) is 0 Å². The zero-order valence-electron chi connectivity index (χ0n) is 12.9. The second kappa shape index (κ2) is 6.04. The molecule has 1 fully saturated rings. The van der Waals surface area contributed by atoms with Crippen LogP contribution in [0.1, 0.15) is 40.0 Å². The quantitative estimate of drug-likeness (QED) is 0.917.